The summed E-state index contributed by atoms with van der Waals surface area (Å²) < 4.78 is 0. The van der Waals surface area contributed by atoms with E-state index < -0.39 is 0 Å². The molecular weight excluding hydrogens is 374 g/mol. The molecule has 0 amide bonds. The molecule has 0 saturated heterocycles. The second-order valence-electron chi connectivity index (χ2n) is 8.53. The summed E-state index contributed by atoms with van der Waals surface area (Å²) in [5.74, 6) is 0.360. The van der Waals surface area contributed by atoms with E-state index in [9.17, 15) is 4.79 Å². The first-order chi connectivity index (χ1) is 14.7. The van der Waals surface area contributed by atoms with Crippen LogP contribution in [0.2, 0.25) is 0 Å². The average Bonchev–Trinajstić information content (AvgIpc) is 2.75. The van der Waals surface area contributed by atoms with Crippen molar-refractivity contribution >= 4 is 5.97 Å². The summed E-state index contributed by atoms with van der Waals surface area (Å²) in [5.41, 5.74) is 14.1. The van der Waals surface area contributed by atoms with Gasteiger partial charge in [-0.15, -0.1) is 0 Å². The lowest BCUT2D eigenvalue weighted by molar-refractivity contribution is -0.151. The molecule has 0 fully saturated rings. The molecule has 1 unspecified atom stereocenters. The van der Waals surface area contributed by atoms with E-state index in [4.69, 9.17) is 16.3 Å². The lowest BCUT2D eigenvalue weighted by Crippen LogP contribution is -2.26. The zero-order chi connectivity index (χ0) is 22.1. The van der Waals surface area contributed by atoms with Crippen LogP contribution in [0.5, 0.6) is 0 Å². The van der Waals surface area contributed by atoms with Crippen molar-refractivity contribution < 1.29 is 9.63 Å². The molecule has 0 aromatic carbocycles. The first-order valence-electron chi connectivity index (χ1n) is 12.7. The number of nitrogens with two attached hydrogens (primary N) is 2. The van der Waals surface area contributed by atoms with E-state index >= 15 is 0 Å². The van der Waals surface area contributed by atoms with E-state index in [0.717, 1.165) is 51.5 Å². The maximum Gasteiger partial charge on any atom is 0.324 e. The molecule has 178 valence electrons. The summed E-state index contributed by atoms with van der Waals surface area (Å²) in [7, 11) is 0. The van der Waals surface area contributed by atoms with Crippen molar-refractivity contribution in [1.29, 1.82) is 0 Å². The van der Waals surface area contributed by atoms with Crippen molar-refractivity contribution in [3.63, 3.8) is 0 Å². The number of hydrogen-bond donors (Lipinski definition) is 3. The van der Waals surface area contributed by atoms with Gasteiger partial charge in [0.25, 0.3) is 0 Å². The monoisotopic (exact) mass is 425 g/mol. The fraction of sp³-hybridized carbons (Fsp3) is 0.880. The molecule has 0 aliphatic carbocycles. The van der Waals surface area contributed by atoms with Crippen LogP contribution < -0.4 is 16.9 Å². The fourth-order valence-electron chi connectivity index (χ4n) is 3.61. The minimum Gasteiger partial charge on any atom is -0.371 e. The molecule has 5 nitrogen and oxygen atoms in total. The standard InChI is InChI=1S/C25H51N3O2/c1-2-3-4-5-6-7-8-9-10-11-12-13-14-20-25(29)30-28-23-24(19-17-22-27)18-15-16-21-26/h7-8,24,28H,2-6,9-23,26-27H2,1H3/b8-7-. The van der Waals surface area contributed by atoms with Crippen molar-refractivity contribution in [3.05, 3.63) is 12.2 Å². The molecule has 0 aromatic rings. The number of carbonyl (C=O) groups is 1. The SMILES string of the molecule is CCCCCC/C=C\CCCCCCCC(=O)ONCC(CCCN)CCCCN. The van der Waals surface area contributed by atoms with Crippen LogP contribution in [0, 0.1) is 5.92 Å². The first-order valence-corrected chi connectivity index (χ1v) is 12.7. The molecule has 0 rings (SSSR count). The van der Waals surface area contributed by atoms with Gasteiger partial charge in [0, 0.05) is 13.0 Å². The largest absolute Gasteiger partial charge is 0.371 e. The minimum absolute atomic E-state index is 0.138. The molecule has 1 atom stereocenters. The number of hydrogen-bond acceptors (Lipinski definition) is 5. The van der Waals surface area contributed by atoms with Crippen molar-refractivity contribution in [1.82, 2.24) is 5.48 Å². The van der Waals surface area contributed by atoms with Gasteiger partial charge >= 0.3 is 5.97 Å². The average molecular weight is 426 g/mol. The molecule has 0 aromatic heterocycles. The highest BCUT2D eigenvalue weighted by Crippen LogP contribution is 2.14. The first kappa shape index (κ1) is 29.1. The van der Waals surface area contributed by atoms with Crippen molar-refractivity contribution in [2.24, 2.45) is 17.4 Å². The Bertz CT molecular complexity index is 389. The predicted molar refractivity (Wildman–Crippen MR) is 129 cm³/mol. The number of carbonyl (C=O) groups excluding carboxylic acids is 1. The lowest BCUT2D eigenvalue weighted by Gasteiger charge is -2.16. The molecule has 5 N–H and O–H groups in total. The van der Waals surface area contributed by atoms with Gasteiger partial charge < -0.3 is 16.3 Å². The Morgan fingerprint density at radius 2 is 1.40 bits per heavy atom. The molecule has 0 aliphatic heterocycles. The third-order valence-electron chi connectivity index (χ3n) is 5.58. The van der Waals surface area contributed by atoms with Gasteiger partial charge in [0.15, 0.2) is 0 Å². The topological polar surface area (TPSA) is 90.4 Å². The van der Waals surface area contributed by atoms with Gasteiger partial charge in [-0.25, -0.2) is 0 Å². The van der Waals surface area contributed by atoms with Crippen molar-refractivity contribution in [2.75, 3.05) is 19.6 Å². The van der Waals surface area contributed by atoms with Gasteiger partial charge in [0.1, 0.15) is 0 Å². The molecule has 0 spiro atoms. The summed E-state index contributed by atoms with van der Waals surface area (Å²) in [4.78, 5) is 17.1. The normalized spacial score (nSPS) is 12.5. The van der Waals surface area contributed by atoms with Gasteiger partial charge in [0.05, 0.1) is 0 Å². The molecular formula is C25H51N3O2. The van der Waals surface area contributed by atoms with E-state index in [0.29, 0.717) is 25.4 Å². The Balaban J connectivity index is 3.53. The van der Waals surface area contributed by atoms with Crippen molar-refractivity contribution in [3.8, 4) is 0 Å². The number of nitrogens with one attached hydrogen (secondary N) is 1. The van der Waals surface area contributed by atoms with Crippen LogP contribution in [-0.4, -0.2) is 25.6 Å². The lowest BCUT2D eigenvalue weighted by atomic mass is 9.97. The van der Waals surface area contributed by atoms with Gasteiger partial charge in [-0.2, -0.15) is 5.48 Å². The highest BCUT2D eigenvalue weighted by Gasteiger charge is 2.10. The van der Waals surface area contributed by atoms with Gasteiger partial charge in [0.2, 0.25) is 0 Å². The van der Waals surface area contributed by atoms with E-state index in [-0.39, 0.29) is 5.97 Å². The van der Waals surface area contributed by atoms with Gasteiger partial charge in [-0.1, -0.05) is 64.0 Å². The zero-order valence-corrected chi connectivity index (χ0v) is 19.8. The van der Waals surface area contributed by atoms with Crippen LogP contribution >= 0.6 is 0 Å². The van der Waals surface area contributed by atoms with Crippen molar-refractivity contribution in [2.45, 2.75) is 116 Å². The maximum atomic E-state index is 11.9. The number of unbranched alkanes of at least 4 members (excludes halogenated alkanes) is 10. The third kappa shape index (κ3) is 21.8. The van der Waals surface area contributed by atoms with E-state index in [1.54, 1.807) is 0 Å². The Morgan fingerprint density at radius 1 is 0.800 bits per heavy atom. The maximum absolute atomic E-state index is 11.9. The highest BCUT2D eigenvalue weighted by atomic mass is 16.7. The second-order valence-corrected chi connectivity index (χ2v) is 8.53. The summed E-state index contributed by atoms with van der Waals surface area (Å²) >= 11 is 0. The fourth-order valence-corrected chi connectivity index (χ4v) is 3.61. The van der Waals surface area contributed by atoms with Gasteiger partial charge in [-0.3, -0.25) is 4.79 Å². The van der Waals surface area contributed by atoms with Crippen LogP contribution in [0.1, 0.15) is 116 Å². The quantitative estimate of drug-likeness (QED) is 0.110. The third-order valence-corrected chi connectivity index (χ3v) is 5.58. The van der Waals surface area contributed by atoms with Crippen LogP contribution in [0.3, 0.4) is 0 Å². The Kier molecular flexibility index (Phi) is 23.6. The van der Waals surface area contributed by atoms with Crippen LogP contribution in [0.4, 0.5) is 0 Å². The second kappa shape index (κ2) is 24.4. The van der Waals surface area contributed by atoms with E-state index in [2.05, 4.69) is 24.6 Å². The minimum atomic E-state index is -0.138. The molecule has 0 aliphatic rings. The predicted octanol–water partition coefficient (Wildman–Crippen LogP) is 5.78. The number of hydroxylamine groups is 1. The molecule has 0 heterocycles. The number of allylic oxidation sites excluding steroid dienone is 2. The summed E-state index contributed by atoms with van der Waals surface area (Å²) in [6.07, 6.45) is 24.1. The molecule has 0 saturated carbocycles. The smallest absolute Gasteiger partial charge is 0.324 e. The summed E-state index contributed by atoms with van der Waals surface area (Å²) in [6, 6.07) is 0. The Labute approximate surface area is 186 Å². The van der Waals surface area contributed by atoms with Gasteiger partial charge in [-0.05, 0) is 76.8 Å². The zero-order valence-electron chi connectivity index (χ0n) is 19.8. The van der Waals surface area contributed by atoms with Crippen LogP contribution in [-0.2, 0) is 9.63 Å². The molecule has 0 radical (unpaired) electrons. The summed E-state index contributed by atoms with van der Waals surface area (Å²) in [6.45, 7) is 4.41. The molecule has 30 heavy (non-hydrogen) atoms. The Hall–Kier alpha value is -0.910. The highest BCUT2D eigenvalue weighted by molar-refractivity contribution is 5.68. The van der Waals surface area contributed by atoms with Crippen LogP contribution in [0.15, 0.2) is 12.2 Å². The Morgan fingerprint density at radius 3 is 2.07 bits per heavy atom. The molecule has 0 bridgehead atoms. The van der Waals surface area contributed by atoms with Crippen LogP contribution in [0.25, 0.3) is 0 Å². The molecule has 5 heteroatoms. The summed E-state index contributed by atoms with van der Waals surface area (Å²) in [5, 5.41) is 0. The van der Waals surface area contributed by atoms with E-state index in [1.165, 1.54) is 57.8 Å². The van der Waals surface area contributed by atoms with E-state index in [1.807, 2.05) is 0 Å². The number of rotatable bonds is 23.